The van der Waals surface area contributed by atoms with Crippen LogP contribution in [0.2, 0.25) is 0 Å². The summed E-state index contributed by atoms with van der Waals surface area (Å²) in [5.41, 5.74) is 1.89. The molecule has 0 aromatic heterocycles. The number of ether oxygens (including phenoxy) is 1. The van der Waals surface area contributed by atoms with Crippen LogP contribution >= 0.6 is 0 Å². The molecule has 28 heavy (non-hydrogen) atoms. The van der Waals surface area contributed by atoms with E-state index in [0.717, 1.165) is 11.6 Å². The molecule has 2 aromatic rings. The number of nitrogens with one attached hydrogen (secondary N) is 2. The second-order valence-electron chi connectivity index (χ2n) is 6.78. The molecule has 3 amide bonds. The van der Waals surface area contributed by atoms with Gasteiger partial charge in [-0.1, -0.05) is 12.1 Å². The van der Waals surface area contributed by atoms with Crippen molar-refractivity contribution in [3.8, 4) is 5.75 Å². The first-order valence-corrected chi connectivity index (χ1v) is 8.80. The quantitative estimate of drug-likeness (QED) is 0.844. The summed E-state index contributed by atoms with van der Waals surface area (Å²) >= 11 is 0. The van der Waals surface area contributed by atoms with Gasteiger partial charge in [0.15, 0.2) is 11.6 Å². The number of fused-ring (bicyclic) bond motifs is 1. The lowest BCUT2D eigenvalue weighted by Crippen LogP contribution is -2.47. The molecule has 0 fully saturated rings. The van der Waals surface area contributed by atoms with E-state index >= 15 is 0 Å². The Kier molecular flexibility index (Phi) is 5.77. The predicted molar refractivity (Wildman–Crippen MR) is 100 cm³/mol. The first-order chi connectivity index (χ1) is 13.3. The van der Waals surface area contributed by atoms with Gasteiger partial charge in [-0.05, 0) is 30.2 Å². The van der Waals surface area contributed by atoms with Crippen LogP contribution in [0.15, 0.2) is 36.4 Å². The molecule has 3 rings (SSSR count). The van der Waals surface area contributed by atoms with Gasteiger partial charge >= 0.3 is 6.03 Å². The van der Waals surface area contributed by atoms with Crippen molar-refractivity contribution in [2.45, 2.75) is 25.9 Å². The summed E-state index contributed by atoms with van der Waals surface area (Å²) in [5.74, 6) is -1.55. The number of amides is 3. The fourth-order valence-electron chi connectivity index (χ4n) is 3.11. The van der Waals surface area contributed by atoms with Crippen molar-refractivity contribution in [3.63, 3.8) is 0 Å². The standard InChI is InChI=1S/C20H21F2N3O3/c1-12(26)23-16-5-3-4-13(6-16)10-25(2)20(27)24-17-8-14-7-15(21)9-18(22)19(14)28-11-17/h3-7,9,17H,8,10-11H2,1-2H3,(H,23,26)(H,24,27). The number of hydrogen-bond acceptors (Lipinski definition) is 3. The normalized spacial score (nSPS) is 15.2. The molecule has 0 saturated carbocycles. The maximum absolute atomic E-state index is 13.7. The van der Waals surface area contributed by atoms with Crippen molar-refractivity contribution in [3.05, 3.63) is 59.2 Å². The molecule has 2 N–H and O–H groups in total. The van der Waals surface area contributed by atoms with Crippen LogP contribution in [0.3, 0.4) is 0 Å². The van der Waals surface area contributed by atoms with Crippen LogP contribution in [-0.2, 0) is 17.8 Å². The highest BCUT2D eigenvalue weighted by atomic mass is 19.1. The van der Waals surface area contributed by atoms with Gasteiger partial charge in [0, 0.05) is 37.8 Å². The minimum atomic E-state index is -0.740. The number of urea groups is 1. The maximum atomic E-state index is 13.7. The van der Waals surface area contributed by atoms with E-state index in [0.29, 0.717) is 17.8 Å². The minimum Gasteiger partial charge on any atom is -0.488 e. The average molecular weight is 389 g/mol. The molecule has 0 radical (unpaired) electrons. The van der Waals surface area contributed by atoms with Crippen molar-refractivity contribution in [1.29, 1.82) is 0 Å². The van der Waals surface area contributed by atoms with E-state index in [2.05, 4.69) is 10.6 Å². The van der Waals surface area contributed by atoms with Gasteiger partial charge in [-0.25, -0.2) is 13.6 Å². The predicted octanol–water partition coefficient (Wildman–Crippen LogP) is 3.07. The Balaban J connectivity index is 1.60. The van der Waals surface area contributed by atoms with Gasteiger partial charge in [-0.2, -0.15) is 0 Å². The lowest BCUT2D eigenvalue weighted by Gasteiger charge is -2.28. The third-order valence-electron chi connectivity index (χ3n) is 4.32. The Morgan fingerprint density at radius 2 is 2.04 bits per heavy atom. The monoisotopic (exact) mass is 389 g/mol. The van der Waals surface area contributed by atoms with Crippen LogP contribution < -0.4 is 15.4 Å². The fraction of sp³-hybridized carbons (Fsp3) is 0.300. The van der Waals surface area contributed by atoms with Gasteiger partial charge in [0.1, 0.15) is 12.4 Å². The van der Waals surface area contributed by atoms with Crippen molar-refractivity contribution < 1.29 is 23.1 Å². The number of nitrogens with zero attached hydrogens (tertiary/aromatic N) is 1. The number of rotatable bonds is 4. The molecular formula is C20H21F2N3O3. The fourth-order valence-corrected chi connectivity index (χ4v) is 3.11. The summed E-state index contributed by atoms with van der Waals surface area (Å²) in [6.45, 7) is 1.86. The van der Waals surface area contributed by atoms with E-state index in [1.165, 1.54) is 17.9 Å². The summed E-state index contributed by atoms with van der Waals surface area (Å²) in [6, 6.07) is 8.46. The molecule has 1 heterocycles. The molecule has 0 aliphatic carbocycles. The molecule has 8 heteroatoms. The van der Waals surface area contributed by atoms with E-state index in [9.17, 15) is 18.4 Å². The minimum absolute atomic E-state index is 0.0371. The molecule has 0 bridgehead atoms. The first kappa shape index (κ1) is 19.6. The topological polar surface area (TPSA) is 70.7 Å². The molecule has 1 aliphatic heterocycles. The zero-order valence-electron chi connectivity index (χ0n) is 15.6. The van der Waals surface area contributed by atoms with E-state index in [-0.39, 0.29) is 30.7 Å². The van der Waals surface area contributed by atoms with E-state index in [1.54, 1.807) is 25.2 Å². The summed E-state index contributed by atoms with van der Waals surface area (Å²) in [5, 5.41) is 5.51. The summed E-state index contributed by atoms with van der Waals surface area (Å²) in [7, 11) is 1.64. The van der Waals surface area contributed by atoms with Crippen LogP contribution in [0.25, 0.3) is 0 Å². The second kappa shape index (κ2) is 8.24. The highest BCUT2D eigenvalue weighted by Gasteiger charge is 2.25. The number of halogens is 2. The van der Waals surface area contributed by atoms with Gasteiger partial charge < -0.3 is 20.3 Å². The Hall–Kier alpha value is -3.16. The molecule has 2 aromatic carbocycles. The highest BCUT2D eigenvalue weighted by Crippen LogP contribution is 2.29. The Bertz CT molecular complexity index is 904. The summed E-state index contributed by atoms with van der Waals surface area (Å²) in [6.07, 6.45) is 0.279. The van der Waals surface area contributed by atoms with Crippen LogP contribution in [0.4, 0.5) is 19.3 Å². The number of carbonyl (C=O) groups excluding carboxylic acids is 2. The third kappa shape index (κ3) is 4.76. The smallest absolute Gasteiger partial charge is 0.317 e. The molecule has 6 nitrogen and oxygen atoms in total. The molecule has 0 saturated heterocycles. The number of benzene rings is 2. The average Bonchev–Trinajstić information content (AvgIpc) is 2.60. The lowest BCUT2D eigenvalue weighted by atomic mass is 10.0. The molecule has 1 aliphatic rings. The molecular weight excluding hydrogens is 368 g/mol. The second-order valence-corrected chi connectivity index (χ2v) is 6.78. The van der Waals surface area contributed by atoms with Gasteiger partial charge in [0.2, 0.25) is 5.91 Å². The molecule has 148 valence electrons. The van der Waals surface area contributed by atoms with Gasteiger partial charge in [-0.3, -0.25) is 4.79 Å². The van der Waals surface area contributed by atoms with Crippen molar-refractivity contribution in [2.24, 2.45) is 0 Å². The van der Waals surface area contributed by atoms with Crippen LogP contribution in [0.5, 0.6) is 5.75 Å². The number of carbonyl (C=O) groups is 2. The van der Waals surface area contributed by atoms with Gasteiger partial charge in [-0.15, -0.1) is 0 Å². The third-order valence-corrected chi connectivity index (χ3v) is 4.32. The lowest BCUT2D eigenvalue weighted by molar-refractivity contribution is -0.114. The van der Waals surface area contributed by atoms with Crippen molar-refractivity contribution >= 4 is 17.6 Å². The van der Waals surface area contributed by atoms with Crippen LogP contribution in [0.1, 0.15) is 18.1 Å². The summed E-state index contributed by atoms with van der Waals surface area (Å²) in [4.78, 5) is 25.1. The Morgan fingerprint density at radius 3 is 2.79 bits per heavy atom. The van der Waals surface area contributed by atoms with Gasteiger partial charge in [0.25, 0.3) is 0 Å². The highest BCUT2D eigenvalue weighted by molar-refractivity contribution is 5.88. The van der Waals surface area contributed by atoms with Gasteiger partial charge in [0.05, 0.1) is 6.04 Å². The molecule has 0 spiro atoms. The Morgan fingerprint density at radius 1 is 1.25 bits per heavy atom. The number of hydrogen-bond donors (Lipinski definition) is 2. The van der Waals surface area contributed by atoms with Crippen LogP contribution in [0, 0.1) is 11.6 Å². The Labute approximate surface area is 161 Å². The van der Waals surface area contributed by atoms with E-state index in [4.69, 9.17) is 4.74 Å². The SMILES string of the molecule is CC(=O)Nc1cccc(CN(C)C(=O)NC2COc3c(F)cc(F)cc3C2)c1. The van der Waals surface area contributed by atoms with Crippen LogP contribution in [-0.4, -0.2) is 36.5 Å². The zero-order chi connectivity index (χ0) is 20.3. The zero-order valence-corrected chi connectivity index (χ0v) is 15.6. The summed E-state index contributed by atoms with van der Waals surface area (Å²) < 4.78 is 32.5. The molecule has 1 unspecified atom stereocenters. The molecule has 1 atom stereocenters. The van der Waals surface area contributed by atoms with Crippen molar-refractivity contribution in [2.75, 3.05) is 19.0 Å². The first-order valence-electron chi connectivity index (χ1n) is 8.80. The van der Waals surface area contributed by atoms with E-state index < -0.39 is 17.7 Å². The largest absolute Gasteiger partial charge is 0.488 e. The maximum Gasteiger partial charge on any atom is 0.317 e. The van der Waals surface area contributed by atoms with E-state index in [1.807, 2.05) is 6.07 Å². The van der Waals surface area contributed by atoms with Crippen molar-refractivity contribution in [1.82, 2.24) is 10.2 Å². The number of anilines is 1.